The standard InChI is InChI=1S/C25H24N2O3/c1-15-5-12-22-20(13-15)27-24(30-22)19-11-10-18(14-21(19)28)26-23(29)16-6-8-17(9-7-16)25(2,3)4/h5-14,28H,1-4H3,(H,26,29). The Balaban J connectivity index is 1.54. The normalized spacial score (nSPS) is 11.6. The first-order valence-corrected chi connectivity index (χ1v) is 9.83. The van der Waals surface area contributed by atoms with Crippen LogP contribution in [0.15, 0.2) is 65.1 Å². The zero-order valence-corrected chi connectivity index (χ0v) is 17.5. The highest BCUT2D eigenvalue weighted by Gasteiger charge is 2.16. The lowest BCUT2D eigenvalue weighted by molar-refractivity contribution is 0.102. The third-order valence-corrected chi connectivity index (χ3v) is 5.04. The van der Waals surface area contributed by atoms with Crippen molar-refractivity contribution in [3.8, 4) is 17.2 Å². The zero-order valence-electron chi connectivity index (χ0n) is 17.5. The summed E-state index contributed by atoms with van der Waals surface area (Å²) in [6.45, 7) is 8.37. The molecule has 0 saturated heterocycles. The van der Waals surface area contributed by atoms with E-state index in [1.807, 2.05) is 49.4 Å². The number of fused-ring (bicyclic) bond motifs is 1. The number of hydrogen-bond donors (Lipinski definition) is 2. The number of carbonyl (C=O) groups is 1. The number of aromatic hydroxyl groups is 1. The predicted octanol–water partition coefficient (Wildman–Crippen LogP) is 6.06. The van der Waals surface area contributed by atoms with Gasteiger partial charge in [-0.3, -0.25) is 4.79 Å². The molecule has 0 aliphatic rings. The van der Waals surface area contributed by atoms with Gasteiger partial charge in [-0.2, -0.15) is 0 Å². The van der Waals surface area contributed by atoms with Crippen LogP contribution in [0.5, 0.6) is 5.75 Å². The van der Waals surface area contributed by atoms with Gasteiger partial charge in [0.05, 0.1) is 5.56 Å². The van der Waals surface area contributed by atoms with E-state index in [0.29, 0.717) is 28.3 Å². The Bertz CT molecular complexity index is 1230. The SMILES string of the molecule is Cc1ccc2oc(-c3ccc(NC(=O)c4ccc(C(C)(C)C)cc4)cc3O)nc2c1. The first kappa shape index (κ1) is 19.7. The fourth-order valence-corrected chi connectivity index (χ4v) is 3.27. The summed E-state index contributed by atoms with van der Waals surface area (Å²) < 4.78 is 5.76. The van der Waals surface area contributed by atoms with Gasteiger partial charge in [-0.25, -0.2) is 4.98 Å². The fraction of sp³-hybridized carbons (Fsp3) is 0.200. The van der Waals surface area contributed by atoms with Gasteiger partial charge >= 0.3 is 0 Å². The van der Waals surface area contributed by atoms with E-state index in [9.17, 15) is 9.90 Å². The molecule has 0 aliphatic carbocycles. The Labute approximate surface area is 175 Å². The number of aromatic nitrogens is 1. The molecule has 0 fully saturated rings. The summed E-state index contributed by atoms with van der Waals surface area (Å²) in [5.74, 6) is 0.0860. The van der Waals surface area contributed by atoms with Crippen LogP contribution in [0.4, 0.5) is 5.69 Å². The van der Waals surface area contributed by atoms with Crippen LogP contribution in [0.2, 0.25) is 0 Å². The number of benzene rings is 3. The van der Waals surface area contributed by atoms with E-state index in [1.165, 1.54) is 6.07 Å². The van der Waals surface area contributed by atoms with Crippen molar-refractivity contribution < 1.29 is 14.3 Å². The number of hydrogen-bond acceptors (Lipinski definition) is 4. The van der Waals surface area contributed by atoms with E-state index in [1.54, 1.807) is 12.1 Å². The van der Waals surface area contributed by atoms with E-state index in [2.05, 4.69) is 31.1 Å². The number of phenolic OH excluding ortho intramolecular Hbond substituents is 1. The molecule has 3 aromatic carbocycles. The Kier molecular flexibility index (Phi) is 4.82. The molecule has 1 heterocycles. The first-order valence-electron chi connectivity index (χ1n) is 9.83. The minimum Gasteiger partial charge on any atom is -0.507 e. The maximum absolute atomic E-state index is 12.6. The van der Waals surface area contributed by atoms with Crippen LogP contribution in [0, 0.1) is 6.92 Å². The lowest BCUT2D eigenvalue weighted by Crippen LogP contribution is -2.14. The van der Waals surface area contributed by atoms with Crippen molar-refractivity contribution >= 4 is 22.7 Å². The van der Waals surface area contributed by atoms with Crippen LogP contribution in [-0.2, 0) is 5.41 Å². The minimum atomic E-state index is -0.236. The molecule has 1 aromatic heterocycles. The molecule has 2 N–H and O–H groups in total. The van der Waals surface area contributed by atoms with Gasteiger partial charge < -0.3 is 14.8 Å². The molecule has 0 atom stereocenters. The van der Waals surface area contributed by atoms with Gasteiger partial charge in [-0.15, -0.1) is 0 Å². The van der Waals surface area contributed by atoms with Crippen molar-refractivity contribution in [3.63, 3.8) is 0 Å². The summed E-state index contributed by atoms with van der Waals surface area (Å²) in [4.78, 5) is 17.0. The summed E-state index contributed by atoms with van der Waals surface area (Å²) >= 11 is 0. The fourth-order valence-electron chi connectivity index (χ4n) is 3.27. The van der Waals surface area contributed by atoms with Crippen molar-refractivity contribution in [2.75, 3.05) is 5.32 Å². The summed E-state index contributed by atoms with van der Waals surface area (Å²) in [6, 6.07) is 18.2. The predicted molar refractivity (Wildman–Crippen MR) is 119 cm³/mol. The number of carbonyl (C=O) groups excluding carboxylic acids is 1. The van der Waals surface area contributed by atoms with Crippen LogP contribution in [-0.4, -0.2) is 16.0 Å². The molecule has 30 heavy (non-hydrogen) atoms. The number of nitrogens with zero attached hydrogens (tertiary/aromatic N) is 1. The molecule has 0 unspecified atom stereocenters. The average Bonchev–Trinajstić information content (AvgIpc) is 3.10. The van der Waals surface area contributed by atoms with Crippen LogP contribution < -0.4 is 5.32 Å². The van der Waals surface area contributed by atoms with Gasteiger partial charge in [0, 0.05) is 17.3 Å². The van der Waals surface area contributed by atoms with Crippen molar-refractivity contribution in [2.45, 2.75) is 33.1 Å². The Morgan fingerprint density at radius 2 is 1.73 bits per heavy atom. The second kappa shape index (κ2) is 7.34. The van der Waals surface area contributed by atoms with E-state index in [4.69, 9.17) is 4.42 Å². The van der Waals surface area contributed by atoms with Crippen molar-refractivity contribution in [1.29, 1.82) is 0 Å². The Hall–Kier alpha value is -3.60. The zero-order chi connectivity index (χ0) is 21.5. The number of nitrogens with one attached hydrogen (secondary N) is 1. The van der Waals surface area contributed by atoms with Gasteiger partial charge in [0.2, 0.25) is 5.89 Å². The molecule has 4 rings (SSSR count). The summed E-state index contributed by atoms with van der Waals surface area (Å²) in [5, 5.41) is 13.3. The third-order valence-electron chi connectivity index (χ3n) is 5.04. The van der Waals surface area contributed by atoms with Crippen LogP contribution in [0.3, 0.4) is 0 Å². The molecule has 1 amide bonds. The molecule has 4 aromatic rings. The minimum absolute atomic E-state index is 0.0147. The number of anilines is 1. The molecule has 152 valence electrons. The highest BCUT2D eigenvalue weighted by molar-refractivity contribution is 6.04. The molecule has 5 nitrogen and oxygen atoms in total. The molecular weight excluding hydrogens is 376 g/mol. The third kappa shape index (κ3) is 3.92. The monoisotopic (exact) mass is 400 g/mol. The van der Waals surface area contributed by atoms with Crippen LogP contribution >= 0.6 is 0 Å². The number of oxazole rings is 1. The number of rotatable bonds is 3. The molecule has 0 aliphatic heterocycles. The van der Waals surface area contributed by atoms with Gasteiger partial charge in [-0.1, -0.05) is 39.0 Å². The molecule has 0 spiro atoms. The van der Waals surface area contributed by atoms with E-state index in [0.717, 1.165) is 16.6 Å². The molecular formula is C25H24N2O3. The van der Waals surface area contributed by atoms with E-state index >= 15 is 0 Å². The first-order chi connectivity index (χ1) is 14.2. The van der Waals surface area contributed by atoms with Gasteiger partial charge in [-0.05, 0) is 59.9 Å². The summed E-state index contributed by atoms with van der Waals surface area (Å²) in [7, 11) is 0. The summed E-state index contributed by atoms with van der Waals surface area (Å²) in [6.07, 6.45) is 0. The highest BCUT2D eigenvalue weighted by atomic mass is 16.3. The van der Waals surface area contributed by atoms with Crippen molar-refractivity contribution in [1.82, 2.24) is 4.98 Å². The van der Waals surface area contributed by atoms with E-state index in [-0.39, 0.29) is 17.1 Å². The van der Waals surface area contributed by atoms with Gasteiger partial charge in [0.15, 0.2) is 5.58 Å². The van der Waals surface area contributed by atoms with Crippen LogP contribution in [0.25, 0.3) is 22.6 Å². The second-order valence-corrected chi connectivity index (χ2v) is 8.50. The van der Waals surface area contributed by atoms with Crippen molar-refractivity contribution in [2.24, 2.45) is 0 Å². The van der Waals surface area contributed by atoms with Gasteiger partial charge in [0.25, 0.3) is 5.91 Å². The Morgan fingerprint density at radius 3 is 2.40 bits per heavy atom. The highest BCUT2D eigenvalue weighted by Crippen LogP contribution is 2.33. The number of amides is 1. The Morgan fingerprint density at radius 1 is 1.00 bits per heavy atom. The topological polar surface area (TPSA) is 75.4 Å². The van der Waals surface area contributed by atoms with E-state index < -0.39 is 0 Å². The number of phenols is 1. The smallest absolute Gasteiger partial charge is 0.255 e. The molecule has 0 bridgehead atoms. The van der Waals surface area contributed by atoms with Crippen LogP contribution in [0.1, 0.15) is 42.3 Å². The van der Waals surface area contributed by atoms with Gasteiger partial charge in [0.1, 0.15) is 11.3 Å². The maximum Gasteiger partial charge on any atom is 0.255 e. The molecule has 0 radical (unpaired) electrons. The average molecular weight is 400 g/mol. The number of aryl methyl sites for hydroxylation is 1. The quantitative estimate of drug-likeness (QED) is 0.438. The maximum atomic E-state index is 12.6. The lowest BCUT2D eigenvalue weighted by atomic mass is 9.87. The lowest BCUT2D eigenvalue weighted by Gasteiger charge is -2.19. The molecule has 0 saturated carbocycles. The second-order valence-electron chi connectivity index (χ2n) is 8.50. The molecule has 5 heteroatoms. The van der Waals surface area contributed by atoms with Crippen molar-refractivity contribution in [3.05, 3.63) is 77.4 Å². The summed E-state index contributed by atoms with van der Waals surface area (Å²) in [5.41, 5.74) is 5.19. The largest absolute Gasteiger partial charge is 0.507 e.